The lowest BCUT2D eigenvalue weighted by Crippen LogP contribution is -2.41. The van der Waals surface area contributed by atoms with E-state index in [4.69, 9.17) is 4.74 Å². The molecule has 0 bridgehead atoms. The third-order valence-electron chi connectivity index (χ3n) is 3.58. The number of benzene rings is 1. The van der Waals surface area contributed by atoms with Crippen molar-refractivity contribution >= 4 is 35.0 Å². The molecule has 0 atom stereocenters. The maximum atomic E-state index is 12.0. The zero-order valence-corrected chi connectivity index (χ0v) is 16.6. The quantitative estimate of drug-likeness (QED) is 0.538. The summed E-state index contributed by atoms with van der Waals surface area (Å²) in [7, 11) is 1.56. The van der Waals surface area contributed by atoms with Gasteiger partial charge < -0.3 is 10.1 Å². The van der Waals surface area contributed by atoms with Crippen LogP contribution in [0.4, 0.5) is 4.79 Å². The monoisotopic (exact) mass is 418 g/mol. The SMILES string of the molecule is COc1ccccc1-n1nnnc1SCC(=O)NC(=O)NCCc1cccs1. The lowest BCUT2D eigenvalue weighted by Gasteiger charge is -2.09. The van der Waals surface area contributed by atoms with Gasteiger partial charge in [0.2, 0.25) is 11.1 Å². The summed E-state index contributed by atoms with van der Waals surface area (Å²) >= 11 is 2.75. The molecule has 3 aromatic rings. The van der Waals surface area contributed by atoms with Crippen LogP contribution < -0.4 is 15.4 Å². The molecule has 0 spiro atoms. The highest BCUT2D eigenvalue weighted by Crippen LogP contribution is 2.25. The molecule has 2 N–H and O–H groups in total. The second-order valence-electron chi connectivity index (χ2n) is 5.47. The number of urea groups is 1. The fourth-order valence-corrected chi connectivity index (χ4v) is 3.71. The number of methoxy groups -OCH3 is 1. The van der Waals surface area contributed by atoms with Crippen LogP contribution in [0.25, 0.3) is 5.69 Å². The van der Waals surface area contributed by atoms with Crippen LogP contribution in [0.1, 0.15) is 4.88 Å². The van der Waals surface area contributed by atoms with Gasteiger partial charge in [0.1, 0.15) is 11.4 Å². The maximum absolute atomic E-state index is 12.0. The fraction of sp³-hybridized carbons (Fsp3) is 0.235. The van der Waals surface area contributed by atoms with Crippen LogP contribution in [-0.2, 0) is 11.2 Å². The summed E-state index contributed by atoms with van der Waals surface area (Å²) in [5, 5.41) is 18.9. The number of ether oxygens (including phenoxy) is 1. The molecule has 0 aliphatic heterocycles. The van der Waals surface area contributed by atoms with Gasteiger partial charge in [-0.25, -0.2) is 4.79 Å². The number of thiophene rings is 1. The molecule has 0 aliphatic carbocycles. The van der Waals surface area contributed by atoms with Crippen LogP contribution >= 0.6 is 23.1 Å². The van der Waals surface area contributed by atoms with Crippen molar-refractivity contribution in [3.05, 3.63) is 46.7 Å². The Balaban J connectivity index is 1.48. The molecule has 9 nitrogen and oxygen atoms in total. The second kappa shape index (κ2) is 9.85. The number of aromatic nitrogens is 4. The van der Waals surface area contributed by atoms with Crippen LogP contribution in [0.2, 0.25) is 0 Å². The number of hydrogen-bond donors (Lipinski definition) is 2. The number of para-hydroxylation sites is 2. The summed E-state index contributed by atoms with van der Waals surface area (Å²) in [6.07, 6.45) is 0.724. The predicted molar refractivity (Wildman–Crippen MR) is 106 cm³/mol. The minimum atomic E-state index is -0.522. The topological polar surface area (TPSA) is 111 Å². The van der Waals surface area contributed by atoms with Crippen molar-refractivity contribution < 1.29 is 14.3 Å². The number of amides is 3. The van der Waals surface area contributed by atoms with E-state index in [1.807, 2.05) is 29.6 Å². The molecule has 0 fully saturated rings. The Bertz CT molecular complexity index is 929. The first kappa shape index (κ1) is 19.8. The normalized spacial score (nSPS) is 10.5. The molecular weight excluding hydrogens is 400 g/mol. The molecule has 3 rings (SSSR count). The van der Waals surface area contributed by atoms with E-state index in [0.29, 0.717) is 23.1 Å². The minimum Gasteiger partial charge on any atom is -0.494 e. The van der Waals surface area contributed by atoms with Gasteiger partial charge >= 0.3 is 6.03 Å². The Hall–Kier alpha value is -2.92. The van der Waals surface area contributed by atoms with Gasteiger partial charge in [-0.1, -0.05) is 30.0 Å². The molecule has 3 amide bonds. The Morgan fingerprint density at radius 2 is 2.11 bits per heavy atom. The van der Waals surface area contributed by atoms with Crippen molar-refractivity contribution in [2.75, 3.05) is 19.4 Å². The molecular formula is C17H18N6O3S2. The van der Waals surface area contributed by atoms with Gasteiger partial charge in [0, 0.05) is 11.4 Å². The number of rotatable bonds is 8. The molecule has 2 aromatic heterocycles. The van der Waals surface area contributed by atoms with Gasteiger partial charge in [-0.2, -0.15) is 4.68 Å². The Morgan fingerprint density at radius 1 is 1.25 bits per heavy atom. The third-order valence-corrected chi connectivity index (χ3v) is 5.43. The number of carbonyl (C=O) groups is 2. The second-order valence-corrected chi connectivity index (χ2v) is 7.44. The van der Waals surface area contributed by atoms with Crippen molar-refractivity contribution in [3.8, 4) is 11.4 Å². The Labute approximate surface area is 169 Å². The number of hydrogen-bond acceptors (Lipinski definition) is 8. The zero-order valence-electron chi connectivity index (χ0n) is 15.0. The van der Waals surface area contributed by atoms with E-state index in [9.17, 15) is 9.59 Å². The van der Waals surface area contributed by atoms with Crippen molar-refractivity contribution in [2.45, 2.75) is 11.6 Å². The number of imide groups is 1. The van der Waals surface area contributed by atoms with Crippen LogP contribution in [-0.4, -0.2) is 51.6 Å². The number of tetrazole rings is 1. The van der Waals surface area contributed by atoms with Crippen molar-refractivity contribution in [3.63, 3.8) is 0 Å². The predicted octanol–water partition coefficient (Wildman–Crippen LogP) is 1.89. The molecule has 1 aromatic carbocycles. The van der Waals surface area contributed by atoms with Crippen LogP contribution in [0.3, 0.4) is 0 Å². The highest BCUT2D eigenvalue weighted by molar-refractivity contribution is 7.99. The fourth-order valence-electron chi connectivity index (χ4n) is 2.32. The van der Waals surface area contributed by atoms with E-state index in [2.05, 4.69) is 26.2 Å². The molecule has 2 heterocycles. The highest BCUT2D eigenvalue weighted by Gasteiger charge is 2.15. The molecule has 0 unspecified atom stereocenters. The highest BCUT2D eigenvalue weighted by atomic mass is 32.2. The summed E-state index contributed by atoms with van der Waals surface area (Å²) in [5.41, 5.74) is 0.657. The number of nitrogens with one attached hydrogen (secondary N) is 2. The lowest BCUT2D eigenvalue weighted by molar-refractivity contribution is -0.117. The van der Waals surface area contributed by atoms with Gasteiger partial charge in [-0.05, 0) is 40.4 Å². The average Bonchev–Trinajstić information content (AvgIpc) is 3.38. The van der Waals surface area contributed by atoms with E-state index in [1.165, 1.54) is 9.56 Å². The van der Waals surface area contributed by atoms with E-state index in [-0.39, 0.29) is 5.75 Å². The van der Waals surface area contributed by atoms with Crippen LogP contribution in [0, 0.1) is 0 Å². The Morgan fingerprint density at radius 3 is 2.89 bits per heavy atom. The molecule has 11 heteroatoms. The van der Waals surface area contributed by atoms with Crippen molar-refractivity contribution in [2.24, 2.45) is 0 Å². The first-order valence-electron chi connectivity index (χ1n) is 8.32. The van der Waals surface area contributed by atoms with Crippen molar-refractivity contribution in [1.82, 2.24) is 30.8 Å². The first-order chi connectivity index (χ1) is 13.7. The number of thioether (sulfide) groups is 1. The Kier molecular flexibility index (Phi) is 6.98. The van der Waals surface area contributed by atoms with Crippen LogP contribution in [0.5, 0.6) is 5.75 Å². The smallest absolute Gasteiger partial charge is 0.321 e. The van der Waals surface area contributed by atoms with E-state index in [0.717, 1.165) is 18.2 Å². The summed E-state index contributed by atoms with van der Waals surface area (Å²) in [6, 6.07) is 10.7. The number of nitrogens with zero attached hydrogens (tertiary/aromatic N) is 4. The lowest BCUT2D eigenvalue weighted by atomic mass is 10.3. The molecule has 146 valence electrons. The first-order valence-corrected chi connectivity index (χ1v) is 10.2. The average molecular weight is 419 g/mol. The molecule has 0 radical (unpaired) electrons. The third kappa shape index (κ3) is 5.30. The summed E-state index contributed by atoms with van der Waals surface area (Å²) in [4.78, 5) is 25.0. The van der Waals surface area contributed by atoms with E-state index >= 15 is 0 Å². The molecule has 0 aliphatic rings. The largest absolute Gasteiger partial charge is 0.494 e. The summed E-state index contributed by atoms with van der Waals surface area (Å²) < 4.78 is 6.79. The van der Waals surface area contributed by atoms with Crippen molar-refractivity contribution in [1.29, 1.82) is 0 Å². The van der Waals surface area contributed by atoms with Gasteiger partial charge in [-0.3, -0.25) is 10.1 Å². The summed E-state index contributed by atoms with van der Waals surface area (Å²) in [5.74, 6) is 0.160. The van der Waals surface area contributed by atoms with Gasteiger partial charge in [0.05, 0.1) is 12.9 Å². The number of carbonyl (C=O) groups excluding carboxylic acids is 2. The van der Waals surface area contributed by atoms with Crippen LogP contribution in [0.15, 0.2) is 46.9 Å². The zero-order chi connectivity index (χ0) is 19.8. The van der Waals surface area contributed by atoms with Gasteiger partial charge in [0.15, 0.2) is 0 Å². The van der Waals surface area contributed by atoms with Gasteiger partial charge in [-0.15, -0.1) is 16.4 Å². The van der Waals surface area contributed by atoms with Gasteiger partial charge in [0.25, 0.3) is 0 Å². The molecule has 28 heavy (non-hydrogen) atoms. The molecule has 0 saturated carbocycles. The maximum Gasteiger partial charge on any atom is 0.321 e. The molecule has 0 saturated heterocycles. The van der Waals surface area contributed by atoms with E-state index in [1.54, 1.807) is 30.6 Å². The van der Waals surface area contributed by atoms with E-state index < -0.39 is 11.9 Å². The standard InChI is InChI=1S/C17H18N6O3S2/c1-26-14-7-3-2-6-13(14)23-17(20-21-22-23)28-11-15(24)19-16(25)18-9-8-12-5-4-10-27-12/h2-7,10H,8-9,11H2,1H3,(H2,18,19,24,25). The minimum absolute atomic E-state index is 0.00608. The summed E-state index contributed by atoms with van der Waals surface area (Å²) in [6.45, 7) is 0.457.